The molecule has 0 aromatic heterocycles. The fraction of sp³-hybridized carbons (Fsp3) is 0.0400. The second-order valence-corrected chi connectivity index (χ2v) is 11.4. The van der Waals surface area contributed by atoms with Crippen LogP contribution in [0.2, 0.25) is 0 Å². The molecular formula is C25H18F2N2O4S2. The van der Waals surface area contributed by atoms with Gasteiger partial charge >= 0.3 is 0 Å². The Bertz CT molecular complexity index is 1530. The standard InChI is InChI=1S/C25H18F2N2O4S2/c26-18-1-5-20(6-2-18)28-34(30,31)22-9-11-24-16(14-22)13-17-15-23(10-12-25(17)24)35(32,33)29-21-7-3-19(27)4-8-21/h1-12,14-15,28-29H,13H2. The van der Waals surface area contributed by atoms with Crippen LogP contribution in [0.5, 0.6) is 0 Å². The van der Waals surface area contributed by atoms with Crippen molar-refractivity contribution in [1.29, 1.82) is 0 Å². The molecule has 5 rings (SSSR count). The van der Waals surface area contributed by atoms with E-state index in [0.29, 0.717) is 6.42 Å². The Hall–Kier alpha value is -3.76. The summed E-state index contributed by atoms with van der Waals surface area (Å²) in [5, 5.41) is 0. The Morgan fingerprint density at radius 3 is 1.29 bits per heavy atom. The number of halogens is 2. The van der Waals surface area contributed by atoms with E-state index in [1.165, 1.54) is 36.4 Å². The Balaban J connectivity index is 1.40. The normalized spacial score (nSPS) is 12.6. The first kappa shape index (κ1) is 23.0. The van der Waals surface area contributed by atoms with Gasteiger partial charge in [-0.15, -0.1) is 0 Å². The predicted molar refractivity (Wildman–Crippen MR) is 129 cm³/mol. The molecule has 10 heteroatoms. The summed E-state index contributed by atoms with van der Waals surface area (Å²) in [4.78, 5) is 0.0819. The summed E-state index contributed by atoms with van der Waals surface area (Å²) in [5.74, 6) is -0.949. The number of benzene rings is 4. The quantitative estimate of drug-likeness (QED) is 0.330. The highest BCUT2D eigenvalue weighted by Crippen LogP contribution is 2.39. The van der Waals surface area contributed by atoms with Crippen LogP contribution in [0.15, 0.2) is 94.7 Å². The van der Waals surface area contributed by atoms with Crippen LogP contribution >= 0.6 is 0 Å². The molecule has 35 heavy (non-hydrogen) atoms. The zero-order valence-electron chi connectivity index (χ0n) is 18.0. The molecule has 0 aliphatic heterocycles. The topological polar surface area (TPSA) is 92.3 Å². The van der Waals surface area contributed by atoms with Gasteiger partial charge in [0.1, 0.15) is 11.6 Å². The van der Waals surface area contributed by atoms with Gasteiger partial charge in [-0.1, -0.05) is 12.1 Å². The van der Waals surface area contributed by atoms with Gasteiger partial charge in [-0.3, -0.25) is 9.44 Å². The average molecular weight is 513 g/mol. The average Bonchev–Trinajstić information content (AvgIpc) is 3.19. The number of hydrogen-bond acceptors (Lipinski definition) is 4. The second kappa shape index (κ2) is 8.47. The van der Waals surface area contributed by atoms with E-state index in [9.17, 15) is 25.6 Å². The lowest BCUT2D eigenvalue weighted by atomic mass is 10.1. The highest BCUT2D eigenvalue weighted by atomic mass is 32.2. The molecule has 0 spiro atoms. The minimum absolute atomic E-state index is 0.0409. The minimum Gasteiger partial charge on any atom is -0.280 e. The lowest BCUT2D eigenvalue weighted by molar-refractivity contribution is 0.599. The molecule has 2 N–H and O–H groups in total. The first-order chi connectivity index (χ1) is 16.6. The zero-order valence-corrected chi connectivity index (χ0v) is 19.6. The summed E-state index contributed by atoms with van der Waals surface area (Å²) < 4.78 is 82.4. The van der Waals surface area contributed by atoms with Crippen LogP contribution in [0, 0.1) is 11.6 Å². The van der Waals surface area contributed by atoms with Crippen molar-refractivity contribution in [2.24, 2.45) is 0 Å². The number of nitrogens with one attached hydrogen (secondary N) is 2. The smallest absolute Gasteiger partial charge is 0.261 e. The molecular weight excluding hydrogens is 494 g/mol. The SMILES string of the molecule is O=S(=O)(Nc1ccc(F)cc1)c1ccc2c(c1)Cc1cc(S(=O)(=O)Nc3ccc(F)cc3)ccc1-2. The van der Waals surface area contributed by atoms with Gasteiger partial charge < -0.3 is 0 Å². The molecule has 178 valence electrons. The van der Waals surface area contributed by atoms with Crippen LogP contribution in [-0.4, -0.2) is 16.8 Å². The van der Waals surface area contributed by atoms with Crippen molar-refractivity contribution in [3.63, 3.8) is 0 Å². The summed E-state index contributed by atoms with van der Waals surface area (Å²) >= 11 is 0. The molecule has 0 bridgehead atoms. The van der Waals surface area contributed by atoms with Gasteiger partial charge in [0.2, 0.25) is 0 Å². The van der Waals surface area contributed by atoms with Crippen molar-refractivity contribution in [1.82, 2.24) is 0 Å². The van der Waals surface area contributed by atoms with Crippen molar-refractivity contribution in [2.45, 2.75) is 16.2 Å². The molecule has 0 amide bonds. The maximum atomic E-state index is 13.1. The first-order valence-electron chi connectivity index (χ1n) is 10.4. The van der Waals surface area contributed by atoms with Gasteiger partial charge in [0.05, 0.1) is 9.79 Å². The lowest BCUT2D eigenvalue weighted by Crippen LogP contribution is -2.13. The summed E-state index contributed by atoms with van der Waals surface area (Å²) in [5.41, 5.74) is 3.58. The van der Waals surface area contributed by atoms with E-state index in [4.69, 9.17) is 0 Å². The molecule has 0 radical (unpaired) electrons. The Labute approximate surface area is 201 Å². The lowest BCUT2D eigenvalue weighted by Gasteiger charge is -2.10. The molecule has 4 aromatic carbocycles. The summed E-state index contributed by atoms with van der Waals surface area (Å²) in [6, 6.07) is 19.4. The van der Waals surface area contributed by atoms with Crippen molar-refractivity contribution < 1.29 is 25.6 Å². The summed E-state index contributed by atoms with van der Waals surface area (Å²) in [6.07, 6.45) is 0.352. The third kappa shape index (κ3) is 4.62. The first-order valence-corrected chi connectivity index (χ1v) is 13.4. The van der Waals surface area contributed by atoms with Crippen LogP contribution in [-0.2, 0) is 26.5 Å². The Kier molecular flexibility index (Phi) is 5.57. The van der Waals surface area contributed by atoms with Gasteiger partial charge in [-0.2, -0.15) is 0 Å². The van der Waals surface area contributed by atoms with Crippen LogP contribution in [0.4, 0.5) is 20.2 Å². The monoisotopic (exact) mass is 512 g/mol. The van der Waals surface area contributed by atoms with E-state index in [0.717, 1.165) is 46.5 Å². The molecule has 1 aliphatic carbocycles. The maximum absolute atomic E-state index is 13.1. The highest BCUT2D eigenvalue weighted by molar-refractivity contribution is 7.93. The van der Waals surface area contributed by atoms with Gasteiger partial charge in [-0.25, -0.2) is 25.6 Å². The number of hydrogen-bond donors (Lipinski definition) is 2. The molecule has 4 aromatic rings. The zero-order chi connectivity index (χ0) is 24.8. The van der Waals surface area contributed by atoms with E-state index in [1.54, 1.807) is 24.3 Å². The van der Waals surface area contributed by atoms with Crippen LogP contribution in [0.25, 0.3) is 11.1 Å². The molecule has 6 nitrogen and oxygen atoms in total. The van der Waals surface area contributed by atoms with Crippen molar-refractivity contribution in [3.8, 4) is 11.1 Å². The van der Waals surface area contributed by atoms with Crippen molar-refractivity contribution >= 4 is 31.4 Å². The summed E-state index contributed by atoms with van der Waals surface area (Å²) in [6.45, 7) is 0. The molecule has 0 saturated heterocycles. The van der Waals surface area contributed by atoms with E-state index in [2.05, 4.69) is 9.44 Å². The molecule has 0 atom stereocenters. The highest BCUT2D eigenvalue weighted by Gasteiger charge is 2.25. The van der Waals surface area contributed by atoms with E-state index in [1.807, 2.05) is 0 Å². The van der Waals surface area contributed by atoms with E-state index >= 15 is 0 Å². The van der Waals surface area contributed by atoms with Gasteiger partial charge in [0.15, 0.2) is 0 Å². The number of fused-ring (bicyclic) bond motifs is 3. The molecule has 1 aliphatic rings. The van der Waals surface area contributed by atoms with Gasteiger partial charge in [0.25, 0.3) is 20.0 Å². The fourth-order valence-corrected chi connectivity index (χ4v) is 6.18. The van der Waals surface area contributed by atoms with Gasteiger partial charge in [-0.05, 0) is 101 Å². The third-order valence-electron chi connectivity index (χ3n) is 5.64. The van der Waals surface area contributed by atoms with Crippen LogP contribution in [0.3, 0.4) is 0 Å². The molecule has 0 fully saturated rings. The Morgan fingerprint density at radius 2 is 0.914 bits per heavy atom. The molecule has 0 saturated carbocycles. The van der Waals surface area contributed by atoms with E-state index < -0.39 is 31.7 Å². The third-order valence-corrected chi connectivity index (χ3v) is 8.40. The molecule has 0 unspecified atom stereocenters. The van der Waals surface area contributed by atoms with Gasteiger partial charge in [0, 0.05) is 11.4 Å². The van der Waals surface area contributed by atoms with Crippen molar-refractivity contribution in [3.05, 3.63) is 108 Å². The fourth-order valence-electron chi connectivity index (χ4n) is 3.96. The number of sulfonamides is 2. The summed E-state index contributed by atoms with van der Waals surface area (Å²) in [7, 11) is -7.82. The van der Waals surface area contributed by atoms with Crippen LogP contribution in [0.1, 0.15) is 11.1 Å². The number of rotatable bonds is 6. The largest absolute Gasteiger partial charge is 0.280 e. The minimum atomic E-state index is -3.91. The number of anilines is 2. The van der Waals surface area contributed by atoms with Crippen molar-refractivity contribution in [2.75, 3.05) is 9.44 Å². The van der Waals surface area contributed by atoms with Crippen LogP contribution < -0.4 is 9.44 Å². The van der Waals surface area contributed by atoms with E-state index in [-0.39, 0.29) is 21.2 Å². The second-order valence-electron chi connectivity index (χ2n) is 8.04. The maximum Gasteiger partial charge on any atom is 0.261 e. The Morgan fingerprint density at radius 1 is 0.543 bits per heavy atom. The molecule has 0 heterocycles. The predicted octanol–water partition coefficient (Wildman–Crippen LogP) is 5.14.